The molecule has 1 aliphatic rings. The van der Waals surface area contributed by atoms with Crippen LogP contribution in [0.15, 0.2) is 61.3 Å². The van der Waals surface area contributed by atoms with Crippen LogP contribution in [-0.4, -0.2) is 54.3 Å². The molecule has 0 radical (unpaired) electrons. The van der Waals surface area contributed by atoms with Crippen LogP contribution >= 0.6 is 0 Å². The van der Waals surface area contributed by atoms with Crippen LogP contribution in [0, 0.1) is 0 Å². The van der Waals surface area contributed by atoms with E-state index in [0.29, 0.717) is 25.6 Å². The monoisotopic (exact) mass is 416 g/mol. The summed E-state index contributed by atoms with van der Waals surface area (Å²) in [6.45, 7) is 1.71. The summed E-state index contributed by atoms with van der Waals surface area (Å²) in [6.07, 6.45) is 10.7. The molecular formula is C23H24N6O2. The minimum absolute atomic E-state index is 0.0145. The molecule has 4 aromatic rings. The molecule has 1 saturated heterocycles. The minimum atomic E-state index is 0.0145. The number of carbonyl (C=O) groups is 1. The molecule has 3 aromatic heterocycles. The van der Waals surface area contributed by atoms with E-state index in [1.54, 1.807) is 23.3 Å². The number of fused-ring (bicyclic) bond motifs is 1. The Kier molecular flexibility index (Phi) is 5.11. The molecular weight excluding hydrogens is 392 g/mol. The van der Waals surface area contributed by atoms with Gasteiger partial charge in [0.05, 0.1) is 6.20 Å². The van der Waals surface area contributed by atoms with E-state index in [-0.39, 0.29) is 12.0 Å². The normalized spacial score (nSPS) is 14.8. The Morgan fingerprint density at radius 1 is 1.06 bits per heavy atom. The second-order valence-electron chi connectivity index (χ2n) is 7.86. The van der Waals surface area contributed by atoms with Crippen molar-refractivity contribution in [2.24, 2.45) is 7.05 Å². The fraction of sp³-hybridized carbons (Fsp3) is 0.304. The fourth-order valence-corrected chi connectivity index (χ4v) is 3.99. The highest BCUT2D eigenvalue weighted by atomic mass is 16.5. The summed E-state index contributed by atoms with van der Waals surface area (Å²) in [4.78, 5) is 23.4. The summed E-state index contributed by atoms with van der Waals surface area (Å²) in [7, 11) is 1.87. The zero-order valence-corrected chi connectivity index (χ0v) is 17.4. The summed E-state index contributed by atoms with van der Waals surface area (Å²) < 4.78 is 9.71. The quantitative estimate of drug-likeness (QED) is 0.500. The number of aryl methyl sites for hydroxylation is 1. The highest BCUT2D eigenvalue weighted by Crippen LogP contribution is 2.21. The standard InChI is InChI=1S/C23H24N6O2/c1-27-15-19(14-26-27)18-12-24-23(25-13-18)31-20-7-10-28(11-8-20)22(30)16-29-9-6-17-4-2-3-5-21(17)29/h2-6,9,12-15,20H,7-8,10-11,16H2,1H3. The first-order valence-electron chi connectivity index (χ1n) is 10.4. The van der Waals surface area contributed by atoms with Gasteiger partial charge in [0.1, 0.15) is 12.6 Å². The number of rotatable bonds is 5. The van der Waals surface area contributed by atoms with E-state index in [4.69, 9.17) is 4.74 Å². The number of piperidine rings is 1. The number of para-hydroxylation sites is 1. The zero-order valence-electron chi connectivity index (χ0n) is 17.4. The third-order valence-corrected chi connectivity index (χ3v) is 5.72. The van der Waals surface area contributed by atoms with Crippen LogP contribution in [0.4, 0.5) is 0 Å². The third kappa shape index (κ3) is 4.14. The predicted molar refractivity (Wildman–Crippen MR) is 116 cm³/mol. The Labute approximate surface area is 180 Å². The molecule has 5 rings (SSSR count). The summed E-state index contributed by atoms with van der Waals surface area (Å²) >= 11 is 0. The van der Waals surface area contributed by atoms with Crippen molar-refractivity contribution >= 4 is 16.8 Å². The summed E-state index contributed by atoms with van der Waals surface area (Å²) in [5.41, 5.74) is 2.95. The highest BCUT2D eigenvalue weighted by molar-refractivity contribution is 5.83. The van der Waals surface area contributed by atoms with Gasteiger partial charge in [-0.15, -0.1) is 0 Å². The Morgan fingerprint density at radius 3 is 2.58 bits per heavy atom. The Bertz CT molecular complexity index is 1190. The lowest BCUT2D eigenvalue weighted by Crippen LogP contribution is -2.43. The molecule has 4 heterocycles. The number of aromatic nitrogens is 5. The largest absolute Gasteiger partial charge is 0.460 e. The van der Waals surface area contributed by atoms with Crippen molar-refractivity contribution < 1.29 is 9.53 Å². The molecule has 0 spiro atoms. The summed E-state index contributed by atoms with van der Waals surface area (Å²) in [5.74, 6) is 0.136. The molecule has 8 nitrogen and oxygen atoms in total. The Morgan fingerprint density at radius 2 is 1.84 bits per heavy atom. The van der Waals surface area contributed by atoms with Crippen molar-refractivity contribution in [1.82, 2.24) is 29.2 Å². The third-order valence-electron chi connectivity index (χ3n) is 5.72. The molecule has 0 atom stereocenters. The lowest BCUT2D eigenvalue weighted by Gasteiger charge is -2.31. The van der Waals surface area contributed by atoms with Crippen molar-refractivity contribution in [2.75, 3.05) is 13.1 Å². The van der Waals surface area contributed by atoms with E-state index in [9.17, 15) is 4.79 Å². The second kappa shape index (κ2) is 8.22. The van der Waals surface area contributed by atoms with E-state index >= 15 is 0 Å². The lowest BCUT2D eigenvalue weighted by atomic mass is 10.1. The van der Waals surface area contributed by atoms with Crippen molar-refractivity contribution in [3.63, 3.8) is 0 Å². The molecule has 8 heteroatoms. The van der Waals surface area contributed by atoms with Crippen molar-refractivity contribution in [2.45, 2.75) is 25.5 Å². The molecule has 1 amide bonds. The molecule has 1 aliphatic heterocycles. The maximum absolute atomic E-state index is 12.8. The average molecular weight is 416 g/mol. The number of amides is 1. The molecule has 0 unspecified atom stereocenters. The van der Waals surface area contributed by atoms with Crippen LogP contribution in [0.25, 0.3) is 22.0 Å². The summed E-state index contributed by atoms with van der Waals surface area (Å²) in [5, 5.41) is 5.31. The number of hydrogen-bond donors (Lipinski definition) is 0. The lowest BCUT2D eigenvalue weighted by molar-refractivity contribution is -0.133. The Balaban J connectivity index is 1.14. The van der Waals surface area contributed by atoms with Crippen LogP contribution in [0.3, 0.4) is 0 Å². The molecule has 0 aliphatic carbocycles. The van der Waals surface area contributed by atoms with Crippen molar-refractivity contribution in [1.29, 1.82) is 0 Å². The van der Waals surface area contributed by atoms with Crippen LogP contribution in [0.1, 0.15) is 12.8 Å². The molecule has 0 N–H and O–H groups in total. The van der Waals surface area contributed by atoms with Crippen LogP contribution in [0.5, 0.6) is 6.01 Å². The maximum Gasteiger partial charge on any atom is 0.316 e. The SMILES string of the molecule is Cn1cc(-c2cnc(OC3CCN(C(=O)Cn4ccc5ccccc54)CC3)nc2)cn1. The van der Waals surface area contributed by atoms with Gasteiger partial charge in [0.15, 0.2) is 0 Å². The molecule has 158 valence electrons. The van der Waals surface area contributed by atoms with E-state index in [2.05, 4.69) is 21.1 Å². The van der Waals surface area contributed by atoms with Gasteiger partial charge >= 0.3 is 6.01 Å². The smallest absolute Gasteiger partial charge is 0.316 e. The number of carbonyl (C=O) groups excluding carboxylic acids is 1. The Hall–Kier alpha value is -3.68. The van der Waals surface area contributed by atoms with E-state index in [1.165, 1.54) is 0 Å². The summed E-state index contributed by atoms with van der Waals surface area (Å²) in [6, 6.07) is 10.5. The van der Waals surface area contributed by atoms with Gasteiger partial charge in [0.2, 0.25) is 5.91 Å². The molecule has 31 heavy (non-hydrogen) atoms. The topological polar surface area (TPSA) is 78.1 Å². The van der Waals surface area contributed by atoms with Gasteiger partial charge in [0.25, 0.3) is 0 Å². The fourth-order valence-electron chi connectivity index (χ4n) is 3.99. The first kappa shape index (κ1) is 19.3. The predicted octanol–water partition coefficient (Wildman–Crippen LogP) is 2.90. The number of hydrogen-bond acceptors (Lipinski definition) is 5. The molecule has 1 aromatic carbocycles. The van der Waals surface area contributed by atoms with E-state index in [1.807, 2.05) is 53.2 Å². The van der Waals surface area contributed by atoms with Crippen LogP contribution < -0.4 is 4.74 Å². The maximum atomic E-state index is 12.8. The van der Waals surface area contributed by atoms with Crippen LogP contribution in [0.2, 0.25) is 0 Å². The number of nitrogens with zero attached hydrogens (tertiary/aromatic N) is 6. The van der Waals surface area contributed by atoms with Crippen molar-refractivity contribution in [3.05, 3.63) is 61.3 Å². The van der Waals surface area contributed by atoms with Gasteiger partial charge in [-0.25, -0.2) is 9.97 Å². The number of benzene rings is 1. The van der Waals surface area contributed by atoms with Gasteiger partial charge in [0, 0.05) is 74.4 Å². The van der Waals surface area contributed by atoms with E-state index < -0.39 is 0 Å². The van der Waals surface area contributed by atoms with E-state index in [0.717, 1.165) is 34.9 Å². The zero-order chi connectivity index (χ0) is 21.2. The first-order valence-corrected chi connectivity index (χ1v) is 10.4. The number of ether oxygens (including phenoxy) is 1. The van der Waals surface area contributed by atoms with Gasteiger partial charge in [-0.05, 0) is 17.5 Å². The number of likely N-dealkylation sites (tertiary alicyclic amines) is 1. The first-order chi connectivity index (χ1) is 15.2. The highest BCUT2D eigenvalue weighted by Gasteiger charge is 2.24. The van der Waals surface area contributed by atoms with Crippen molar-refractivity contribution in [3.8, 4) is 17.1 Å². The molecule has 0 saturated carbocycles. The molecule has 0 bridgehead atoms. The van der Waals surface area contributed by atoms with Gasteiger partial charge < -0.3 is 14.2 Å². The second-order valence-corrected chi connectivity index (χ2v) is 7.86. The average Bonchev–Trinajstić information content (AvgIpc) is 3.41. The van der Waals surface area contributed by atoms with Crippen LogP contribution in [-0.2, 0) is 18.4 Å². The van der Waals surface area contributed by atoms with Gasteiger partial charge in [-0.1, -0.05) is 18.2 Å². The minimum Gasteiger partial charge on any atom is -0.460 e. The van der Waals surface area contributed by atoms with Gasteiger partial charge in [-0.3, -0.25) is 9.48 Å². The van der Waals surface area contributed by atoms with Gasteiger partial charge in [-0.2, -0.15) is 5.10 Å². The molecule has 1 fully saturated rings.